The molecule has 0 radical (unpaired) electrons. The SMILES string of the molecule is O=C([C@H]1CCOC1)N1CC[C@H](O)C1. The maximum atomic E-state index is 11.7. The molecule has 2 heterocycles. The Balaban J connectivity index is 1.89. The fourth-order valence-electron chi connectivity index (χ4n) is 1.93. The van der Waals surface area contributed by atoms with Crippen molar-refractivity contribution in [3.63, 3.8) is 0 Å². The molecule has 2 aliphatic rings. The third-order valence-corrected chi connectivity index (χ3v) is 2.75. The summed E-state index contributed by atoms with van der Waals surface area (Å²) in [6.07, 6.45) is 1.25. The first-order chi connectivity index (χ1) is 6.27. The Kier molecular flexibility index (Phi) is 2.51. The van der Waals surface area contributed by atoms with Gasteiger partial charge in [0.25, 0.3) is 0 Å². The lowest BCUT2D eigenvalue weighted by Crippen LogP contribution is -2.35. The molecule has 0 unspecified atom stereocenters. The van der Waals surface area contributed by atoms with Gasteiger partial charge in [0, 0.05) is 19.7 Å². The zero-order chi connectivity index (χ0) is 9.26. The molecule has 13 heavy (non-hydrogen) atoms. The van der Waals surface area contributed by atoms with Crippen LogP contribution in [0.2, 0.25) is 0 Å². The largest absolute Gasteiger partial charge is 0.391 e. The third-order valence-electron chi connectivity index (χ3n) is 2.75. The zero-order valence-electron chi connectivity index (χ0n) is 7.61. The van der Waals surface area contributed by atoms with Crippen molar-refractivity contribution in [1.82, 2.24) is 4.90 Å². The number of amides is 1. The van der Waals surface area contributed by atoms with E-state index >= 15 is 0 Å². The molecule has 0 saturated carbocycles. The molecule has 0 spiro atoms. The Labute approximate surface area is 77.5 Å². The van der Waals surface area contributed by atoms with E-state index < -0.39 is 0 Å². The topological polar surface area (TPSA) is 49.8 Å². The zero-order valence-corrected chi connectivity index (χ0v) is 7.61. The summed E-state index contributed by atoms with van der Waals surface area (Å²) in [5.41, 5.74) is 0. The van der Waals surface area contributed by atoms with Gasteiger partial charge < -0.3 is 14.7 Å². The number of rotatable bonds is 1. The first kappa shape index (κ1) is 8.97. The molecular weight excluding hydrogens is 170 g/mol. The molecule has 2 saturated heterocycles. The fourth-order valence-corrected chi connectivity index (χ4v) is 1.93. The van der Waals surface area contributed by atoms with Crippen molar-refractivity contribution < 1.29 is 14.6 Å². The number of carbonyl (C=O) groups excluding carboxylic acids is 1. The van der Waals surface area contributed by atoms with E-state index in [-0.39, 0.29) is 17.9 Å². The van der Waals surface area contributed by atoms with Gasteiger partial charge in [-0.3, -0.25) is 4.79 Å². The molecule has 0 aromatic heterocycles. The Morgan fingerprint density at radius 1 is 1.46 bits per heavy atom. The van der Waals surface area contributed by atoms with Crippen molar-refractivity contribution in [2.75, 3.05) is 26.3 Å². The monoisotopic (exact) mass is 185 g/mol. The summed E-state index contributed by atoms with van der Waals surface area (Å²) >= 11 is 0. The minimum atomic E-state index is -0.314. The van der Waals surface area contributed by atoms with Crippen LogP contribution in [0.3, 0.4) is 0 Å². The molecule has 2 atom stereocenters. The van der Waals surface area contributed by atoms with Gasteiger partial charge in [0.05, 0.1) is 18.6 Å². The second-order valence-corrected chi connectivity index (χ2v) is 3.79. The maximum Gasteiger partial charge on any atom is 0.228 e. The van der Waals surface area contributed by atoms with Crippen LogP contribution in [0.1, 0.15) is 12.8 Å². The van der Waals surface area contributed by atoms with Crippen molar-refractivity contribution in [2.24, 2.45) is 5.92 Å². The van der Waals surface area contributed by atoms with E-state index in [1.165, 1.54) is 0 Å². The van der Waals surface area contributed by atoms with E-state index in [0.717, 1.165) is 12.8 Å². The molecule has 1 N–H and O–H groups in total. The standard InChI is InChI=1S/C9H15NO3/c11-8-1-3-10(5-8)9(12)7-2-4-13-6-7/h7-8,11H,1-6H2/t7-,8-/m0/s1. The van der Waals surface area contributed by atoms with Crippen molar-refractivity contribution in [3.05, 3.63) is 0 Å². The summed E-state index contributed by atoms with van der Waals surface area (Å²) in [5.74, 6) is 0.208. The molecule has 2 aliphatic heterocycles. The van der Waals surface area contributed by atoms with Crippen LogP contribution >= 0.6 is 0 Å². The minimum absolute atomic E-state index is 0.0466. The highest BCUT2D eigenvalue weighted by Crippen LogP contribution is 2.18. The summed E-state index contributed by atoms with van der Waals surface area (Å²) in [6.45, 7) is 2.48. The number of nitrogens with zero attached hydrogens (tertiary/aromatic N) is 1. The summed E-state index contributed by atoms with van der Waals surface area (Å²) < 4.78 is 5.15. The Bertz CT molecular complexity index is 201. The number of β-amino-alcohol motifs (C(OH)–C–C–N with tert-alkyl or cyclic N) is 1. The summed E-state index contributed by atoms with van der Waals surface area (Å²) in [6, 6.07) is 0. The molecule has 1 amide bonds. The Hall–Kier alpha value is -0.610. The van der Waals surface area contributed by atoms with Crippen LogP contribution in [-0.4, -0.2) is 48.3 Å². The Morgan fingerprint density at radius 2 is 2.31 bits per heavy atom. The van der Waals surface area contributed by atoms with E-state index in [1.54, 1.807) is 4.90 Å². The number of likely N-dealkylation sites (tertiary alicyclic amines) is 1. The summed E-state index contributed by atoms with van der Waals surface area (Å²) in [5, 5.41) is 9.27. The second-order valence-electron chi connectivity index (χ2n) is 3.79. The number of hydrogen-bond acceptors (Lipinski definition) is 3. The van der Waals surface area contributed by atoms with E-state index in [2.05, 4.69) is 0 Å². The lowest BCUT2D eigenvalue weighted by molar-refractivity contribution is -0.134. The summed E-state index contributed by atoms with van der Waals surface area (Å²) in [7, 11) is 0. The van der Waals surface area contributed by atoms with Crippen molar-refractivity contribution >= 4 is 5.91 Å². The number of hydrogen-bond donors (Lipinski definition) is 1. The number of carbonyl (C=O) groups is 1. The predicted octanol–water partition coefficient (Wildman–Crippen LogP) is -0.384. The highest BCUT2D eigenvalue weighted by atomic mass is 16.5. The number of ether oxygens (including phenoxy) is 1. The van der Waals surface area contributed by atoms with Gasteiger partial charge in [-0.1, -0.05) is 0 Å². The first-order valence-corrected chi connectivity index (χ1v) is 4.82. The second kappa shape index (κ2) is 3.64. The molecule has 74 valence electrons. The molecule has 2 fully saturated rings. The van der Waals surface area contributed by atoms with Crippen LogP contribution in [0.15, 0.2) is 0 Å². The van der Waals surface area contributed by atoms with Crippen LogP contribution in [0.5, 0.6) is 0 Å². The average Bonchev–Trinajstić information content (AvgIpc) is 2.72. The van der Waals surface area contributed by atoms with E-state index in [0.29, 0.717) is 26.3 Å². The van der Waals surface area contributed by atoms with Gasteiger partial charge in [0.2, 0.25) is 5.91 Å². The molecule has 0 aromatic carbocycles. The van der Waals surface area contributed by atoms with Crippen molar-refractivity contribution in [1.29, 1.82) is 0 Å². The maximum absolute atomic E-state index is 11.7. The molecule has 0 aliphatic carbocycles. The van der Waals surface area contributed by atoms with Crippen LogP contribution in [-0.2, 0) is 9.53 Å². The molecular formula is C9H15NO3. The molecule has 4 nitrogen and oxygen atoms in total. The molecule has 0 bridgehead atoms. The highest BCUT2D eigenvalue weighted by molar-refractivity contribution is 5.79. The van der Waals surface area contributed by atoms with Crippen LogP contribution < -0.4 is 0 Å². The van der Waals surface area contributed by atoms with E-state index in [9.17, 15) is 9.90 Å². The van der Waals surface area contributed by atoms with Gasteiger partial charge in [-0.15, -0.1) is 0 Å². The van der Waals surface area contributed by atoms with Crippen molar-refractivity contribution in [3.8, 4) is 0 Å². The predicted molar refractivity (Wildman–Crippen MR) is 46.1 cm³/mol. The number of aliphatic hydroxyl groups excluding tert-OH is 1. The van der Waals surface area contributed by atoms with Gasteiger partial charge >= 0.3 is 0 Å². The van der Waals surface area contributed by atoms with Crippen molar-refractivity contribution in [2.45, 2.75) is 18.9 Å². The Morgan fingerprint density at radius 3 is 2.85 bits per heavy atom. The van der Waals surface area contributed by atoms with Crippen LogP contribution in [0, 0.1) is 5.92 Å². The molecule has 0 aromatic rings. The normalized spacial score (nSPS) is 34.1. The number of aliphatic hydroxyl groups is 1. The average molecular weight is 185 g/mol. The van der Waals surface area contributed by atoms with Crippen LogP contribution in [0.4, 0.5) is 0 Å². The first-order valence-electron chi connectivity index (χ1n) is 4.82. The van der Waals surface area contributed by atoms with Gasteiger partial charge in [-0.25, -0.2) is 0 Å². The summed E-state index contributed by atoms with van der Waals surface area (Å²) in [4.78, 5) is 13.5. The minimum Gasteiger partial charge on any atom is -0.391 e. The quantitative estimate of drug-likeness (QED) is 0.605. The highest BCUT2D eigenvalue weighted by Gasteiger charge is 2.31. The van der Waals surface area contributed by atoms with Gasteiger partial charge in [0.15, 0.2) is 0 Å². The van der Waals surface area contributed by atoms with Crippen LogP contribution in [0.25, 0.3) is 0 Å². The third kappa shape index (κ3) is 1.84. The van der Waals surface area contributed by atoms with Gasteiger partial charge in [-0.05, 0) is 12.8 Å². The van der Waals surface area contributed by atoms with Gasteiger partial charge in [0.1, 0.15) is 0 Å². The lowest BCUT2D eigenvalue weighted by Gasteiger charge is -2.18. The van der Waals surface area contributed by atoms with Gasteiger partial charge in [-0.2, -0.15) is 0 Å². The smallest absolute Gasteiger partial charge is 0.228 e. The van der Waals surface area contributed by atoms with E-state index in [4.69, 9.17) is 4.74 Å². The fraction of sp³-hybridized carbons (Fsp3) is 0.889. The molecule has 4 heteroatoms. The lowest BCUT2D eigenvalue weighted by atomic mass is 10.1. The molecule has 2 rings (SSSR count). The van der Waals surface area contributed by atoms with E-state index in [1.807, 2.05) is 0 Å².